The Morgan fingerprint density at radius 1 is 1.41 bits per heavy atom. The minimum absolute atomic E-state index is 0.0419. The summed E-state index contributed by atoms with van der Waals surface area (Å²) in [5, 5.41) is 3.59. The first kappa shape index (κ1) is 10.8. The van der Waals surface area contributed by atoms with Crippen LogP contribution in [0.1, 0.15) is 31.2 Å². The predicted molar refractivity (Wildman–Crippen MR) is 70.0 cm³/mol. The highest BCUT2D eigenvalue weighted by atomic mass is 15.1. The van der Waals surface area contributed by atoms with Gasteiger partial charge in [-0.25, -0.2) is 4.98 Å². The van der Waals surface area contributed by atoms with E-state index in [1.54, 1.807) is 0 Å². The Labute approximate surface area is 102 Å². The summed E-state index contributed by atoms with van der Waals surface area (Å²) >= 11 is 0. The third-order valence-corrected chi connectivity index (χ3v) is 3.96. The van der Waals surface area contributed by atoms with Gasteiger partial charge in [0.2, 0.25) is 0 Å². The van der Waals surface area contributed by atoms with E-state index in [0.717, 1.165) is 12.1 Å². The molecule has 1 N–H and O–H groups in total. The van der Waals surface area contributed by atoms with Crippen molar-refractivity contribution >= 4 is 11.0 Å². The summed E-state index contributed by atoms with van der Waals surface area (Å²) in [5.74, 6) is 1.17. The van der Waals surface area contributed by atoms with Crippen LogP contribution in [0.3, 0.4) is 0 Å². The van der Waals surface area contributed by atoms with Gasteiger partial charge in [0.15, 0.2) is 0 Å². The quantitative estimate of drug-likeness (QED) is 0.814. The maximum Gasteiger partial charge on any atom is 0.129 e. The second-order valence-corrected chi connectivity index (χ2v) is 5.30. The molecule has 2 heterocycles. The van der Waals surface area contributed by atoms with Crippen molar-refractivity contribution in [3.05, 3.63) is 29.6 Å². The van der Waals surface area contributed by atoms with Crippen molar-refractivity contribution in [2.24, 2.45) is 7.05 Å². The first-order valence-corrected chi connectivity index (χ1v) is 6.29. The van der Waals surface area contributed by atoms with Crippen molar-refractivity contribution in [1.82, 2.24) is 14.9 Å². The molecule has 1 aliphatic heterocycles. The summed E-state index contributed by atoms with van der Waals surface area (Å²) in [6.07, 6.45) is 2.40. The lowest BCUT2D eigenvalue weighted by Gasteiger charge is -2.23. The van der Waals surface area contributed by atoms with Crippen molar-refractivity contribution < 1.29 is 0 Å². The molecule has 1 aliphatic rings. The van der Waals surface area contributed by atoms with E-state index in [2.05, 4.69) is 49.0 Å². The summed E-state index contributed by atoms with van der Waals surface area (Å²) in [4.78, 5) is 4.83. The van der Waals surface area contributed by atoms with E-state index in [0.29, 0.717) is 0 Å². The zero-order chi connectivity index (χ0) is 12.0. The molecule has 1 saturated heterocycles. The molecular weight excluding hydrogens is 210 g/mol. The number of nitrogens with one attached hydrogen (secondary N) is 1. The number of nitrogens with zero attached hydrogens (tertiary/aromatic N) is 2. The number of hydrogen-bond acceptors (Lipinski definition) is 2. The minimum Gasteiger partial charge on any atom is -0.329 e. The Morgan fingerprint density at radius 3 is 2.88 bits per heavy atom. The summed E-state index contributed by atoms with van der Waals surface area (Å²) in [6, 6.07) is 6.33. The first-order chi connectivity index (χ1) is 8.12. The van der Waals surface area contributed by atoms with Crippen molar-refractivity contribution in [2.75, 3.05) is 6.54 Å². The number of aromatic nitrogens is 2. The molecule has 0 spiro atoms. The number of para-hydroxylation sites is 1. The molecule has 17 heavy (non-hydrogen) atoms. The van der Waals surface area contributed by atoms with Crippen LogP contribution in [0.5, 0.6) is 0 Å². The fraction of sp³-hybridized carbons (Fsp3) is 0.500. The number of hydrogen-bond donors (Lipinski definition) is 1. The van der Waals surface area contributed by atoms with Gasteiger partial charge in [0.25, 0.3) is 0 Å². The third-order valence-electron chi connectivity index (χ3n) is 3.96. The maximum atomic E-state index is 4.83. The zero-order valence-electron chi connectivity index (χ0n) is 10.7. The number of aryl methyl sites for hydroxylation is 2. The van der Waals surface area contributed by atoms with Gasteiger partial charge in [0, 0.05) is 7.05 Å². The SMILES string of the molecule is Cc1cccc2nc(C3(C)CCCN3)n(C)c12. The molecule has 1 unspecified atom stereocenters. The van der Waals surface area contributed by atoms with Gasteiger partial charge in [-0.1, -0.05) is 12.1 Å². The van der Waals surface area contributed by atoms with Crippen LogP contribution in [0.15, 0.2) is 18.2 Å². The van der Waals surface area contributed by atoms with Gasteiger partial charge in [-0.05, 0) is 44.9 Å². The highest BCUT2D eigenvalue weighted by Crippen LogP contribution is 2.32. The molecule has 0 amide bonds. The van der Waals surface area contributed by atoms with Gasteiger partial charge in [-0.3, -0.25) is 0 Å². The molecule has 0 radical (unpaired) electrons. The molecule has 1 aromatic carbocycles. The van der Waals surface area contributed by atoms with E-state index in [-0.39, 0.29) is 5.54 Å². The lowest BCUT2D eigenvalue weighted by atomic mass is 9.99. The van der Waals surface area contributed by atoms with Crippen molar-refractivity contribution in [3.8, 4) is 0 Å². The molecule has 1 fully saturated rings. The molecule has 2 aromatic rings. The summed E-state index contributed by atoms with van der Waals surface area (Å²) < 4.78 is 2.25. The van der Waals surface area contributed by atoms with E-state index in [1.807, 2.05) is 0 Å². The van der Waals surface area contributed by atoms with Gasteiger partial charge in [0.1, 0.15) is 5.82 Å². The summed E-state index contributed by atoms with van der Waals surface area (Å²) in [5.41, 5.74) is 3.71. The Balaban J connectivity index is 2.24. The van der Waals surface area contributed by atoms with E-state index < -0.39 is 0 Å². The van der Waals surface area contributed by atoms with Gasteiger partial charge in [-0.2, -0.15) is 0 Å². The van der Waals surface area contributed by atoms with Crippen LogP contribution in [0.25, 0.3) is 11.0 Å². The number of imidazole rings is 1. The van der Waals surface area contributed by atoms with Gasteiger partial charge in [-0.15, -0.1) is 0 Å². The smallest absolute Gasteiger partial charge is 0.129 e. The number of benzene rings is 1. The predicted octanol–water partition coefficient (Wildman–Crippen LogP) is 2.48. The third kappa shape index (κ3) is 1.49. The van der Waals surface area contributed by atoms with Crippen LogP contribution in [0.2, 0.25) is 0 Å². The Bertz CT molecular complexity index is 562. The van der Waals surface area contributed by atoms with E-state index in [1.165, 1.54) is 29.7 Å². The van der Waals surface area contributed by atoms with Crippen molar-refractivity contribution in [1.29, 1.82) is 0 Å². The minimum atomic E-state index is 0.0419. The van der Waals surface area contributed by atoms with Gasteiger partial charge in [0.05, 0.1) is 16.6 Å². The fourth-order valence-corrected chi connectivity index (χ4v) is 3.04. The monoisotopic (exact) mass is 229 g/mol. The molecule has 3 rings (SSSR count). The largest absolute Gasteiger partial charge is 0.329 e. The standard InChI is InChI=1S/C14H19N3/c1-10-6-4-7-11-12(10)17(3)13(16-11)14(2)8-5-9-15-14/h4,6-7,15H,5,8-9H2,1-3H3. The van der Waals surface area contributed by atoms with Crippen LogP contribution in [-0.2, 0) is 12.6 Å². The van der Waals surface area contributed by atoms with Crippen LogP contribution >= 0.6 is 0 Å². The average Bonchev–Trinajstić information content (AvgIpc) is 2.86. The molecular formula is C14H19N3. The van der Waals surface area contributed by atoms with Gasteiger partial charge < -0.3 is 9.88 Å². The lowest BCUT2D eigenvalue weighted by Crippen LogP contribution is -2.35. The van der Waals surface area contributed by atoms with Crippen LogP contribution in [0.4, 0.5) is 0 Å². The first-order valence-electron chi connectivity index (χ1n) is 6.29. The number of fused-ring (bicyclic) bond motifs is 1. The maximum absolute atomic E-state index is 4.83. The summed E-state index contributed by atoms with van der Waals surface area (Å²) in [6.45, 7) is 5.51. The number of rotatable bonds is 1. The second kappa shape index (κ2) is 3.57. The van der Waals surface area contributed by atoms with Crippen LogP contribution in [0, 0.1) is 6.92 Å². The van der Waals surface area contributed by atoms with E-state index in [9.17, 15) is 0 Å². The highest BCUT2D eigenvalue weighted by molar-refractivity contribution is 5.79. The molecule has 1 aromatic heterocycles. The molecule has 0 bridgehead atoms. The Hall–Kier alpha value is -1.35. The van der Waals surface area contributed by atoms with Crippen molar-refractivity contribution in [3.63, 3.8) is 0 Å². The van der Waals surface area contributed by atoms with Gasteiger partial charge >= 0.3 is 0 Å². The molecule has 1 atom stereocenters. The Kier molecular flexibility index (Phi) is 2.26. The molecule has 0 aliphatic carbocycles. The van der Waals surface area contributed by atoms with E-state index in [4.69, 9.17) is 4.98 Å². The van der Waals surface area contributed by atoms with Crippen LogP contribution < -0.4 is 5.32 Å². The highest BCUT2D eigenvalue weighted by Gasteiger charge is 2.34. The molecule has 3 nitrogen and oxygen atoms in total. The zero-order valence-corrected chi connectivity index (χ0v) is 10.7. The lowest BCUT2D eigenvalue weighted by molar-refractivity contribution is 0.397. The average molecular weight is 229 g/mol. The normalized spacial score (nSPS) is 24.6. The molecule has 0 saturated carbocycles. The van der Waals surface area contributed by atoms with Crippen LogP contribution in [-0.4, -0.2) is 16.1 Å². The van der Waals surface area contributed by atoms with E-state index >= 15 is 0 Å². The summed E-state index contributed by atoms with van der Waals surface area (Å²) in [7, 11) is 2.13. The topological polar surface area (TPSA) is 29.9 Å². The molecule has 90 valence electrons. The fourth-order valence-electron chi connectivity index (χ4n) is 3.04. The molecule has 3 heteroatoms. The Morgan fingerprint density at radius 2 is 2.24 bits per heavy atom. The van der Waals surface area contributed by atoms with Crippen molar-refractivity contribution in [2.45, 2.75) is 32.2 Å². The second-order valence-electron chi connectivity index (χ2n) is 5.30.